The van der Waals surface area contributed by atoms with Crippen LogP contribution in [-0.4, -0.2) is 148 Å². The predicted molar refractivity (Wildman–Crippen MR) is 333 cm³/mol. The fraction of sp³-hybridized carbons (Fsp3) is 0.774. The van der Waals surface area contributed by atoms with Crippen molar-refractivity contribution in [3.63, 3.8) is 0 Å². The van der Waals surface area contributed by atoms with Gasteiger partial charge >= 0.3 is 11.9 Å². The highest BCUT2D eigenvalue weighted by Gasteiger charge is 2.41. The zero-order chi connectivity index (χ0) is 65.1. The lowest BCUT2D eigenvalue weighted by Gasteiger charge is -2.33. The quantitative estimate of drug-likeness (QED) is 0.0294. The van der Waals surface area contributed by atoms with Crippen molar-refractivity contribution in [3.8, 4) is 0 Å². The van der Waals surface area contributed by atoms with Gasteiger partial charge in [-0.3, -0.25) is 43.2 Å². The largest absolute Gasteiger partial charge is 0.480 e. The first-order valence-electron chi connectivity index (χ1n) is 31.2. The van der Waals surface area contributed by atoms with Crippen molar-refractivity contribution >= 4 is 64.7 Å². The van der Waals surface area contributed by atoms with E-state index in [0.717, 1.165) is 25.7 Å². The van der Waals surface area contributed by atoms with Crippen LogP contribution in [0, 0.1) is 16.7 Å². The standard InChI is InChI=1S/C55H93N9O15.C7H16.3H2/c1-8-9-10-11-12-13-14-15-16-20-46(69)62-41(52(76)77)22-24-47(70)63-40(51(74)75)21-23-45(68)60-26-27-78-28-29-79-35-48(71)59-25-18-17-19-37(49(57)72)30-42(65)53(2,3)32-43(66)54(4,5)33-44(67)55(6,7)64-50(73)39(56)31-38-34-58-36-61-38;1-3-5-7-6-4-2;;;/h34,36-37,39-41H,8-33,35,56H2,1-7H3,(H2,57,72)(H,58,61)(H,59,71)(H,60,68)(H,62,69)(H,63,70)(H,64,73)(H,74,75)(H,76,77);3-7H2,1-2H3;3*1H/t37-,39+,40+,41+;;;;/m1..../s1. The number of nitrogens with one attached hydrogen (secondary N) is 6. The second-order valence-electron chi connectivity index (χ2n) is 24.2. The number of aliphatic carboxylic acids is 2. The van der Waals surface area contributed by atoms with Crippen LogP contribution >= 0.6 is 0 Å². The first-order valence-corrected chi connectivity index (χ1v) is 31.2. The van der Waals surface area contributed by atoms with Crippen LogP contribution in [0.5, 0.6) is 0 Å². The Labute approximate surface area is 515 Å². The van der Waals surface area contributed by atoms with Gasteiger partial charge in [-0.1, -0.05) is 138 Å². The Kier molecular flexibility index (Phi) is 42.0. The van der Waals surface area contributed by atoms with Gasteiger partial charge in [0.2, 0.25) is 35.4 Å². The van der Waals surface area contributed by atoms with E-state index in [9.17, 15) is 63.0 Å². The molecule has 0 aliphatic carbocycles. The van der Waals surface area contributed by atoms with Gasteiger partial charge in [0.05, 0.1) is 37.7 Å². The van der Waals surface area contributed by atoms with Crippen LogP contribution in [0.4, 0.5) is 0 Å². The number of amides is 6. The Morgan fingerprint density at radius 2 is 1.07 bits per heavy atom. The maximum absolute atomic E-state index is 13.6. The van der Waals surface area contributed by atoms with E-state index in [-0.39, 0.29) is 120 Å². The van der Waals surface area contributed by atoms with Gasteiger partial charge in [-0.2, -0.15) is 0 Å². The number of aromatic nitrogens is 2. The molecular weight excluding hydrogens is 1110 g/mol. The van der Waals surface area contributed by atoms with E-state index >= 15 is 0 Å². The Bertz CT molecular complexity index is 2220. The van der Waals surface area contributed by atoms with E-state index in [4.69, 9.17) is 20.9 Å². The van der Waals surface area contributed by atoms with Crippen LogP contribution in [0.25, 0.3) is 0 Å². The fourth-order valence-corrected chi connectivity index (χ4v) is 8.90. The van der Waals surface area contributed by atoms with Crippen molar-refractivity contribution in [3.05, 3.63) is 18.2 Å². The number of carboxylic acid groups (broad SMARTS) is 2. The highest BCUT2D eigenvalue weighted by molar-refractivity contribution is 5.99. The summed E-state index contributed by atoms with van der Waals surface area (Å²) in [5, 5.41) is 31.9. The van der Waals surface area contributed by atoms with E-state index < -0.39 is 93.6 Å². The number of hydrogen-bond donors (Lipinski definition) is 10. The zero-order valence-electron chi connectivity index (χ0n) is 53.4. The monoisotopic (exact) mass is 1230 g/mol. The number of ketones is 3. The highest BCUT2D eigenvalue weighted by atomic mass is 16.5. The van der Waals surface area contributed by atoms with Crippen molar-refractivity contribution < 1.29 is 76.7 Å². The average Bonchev–Trinajstić information content (AvgIpc) is 4.19. The minimum atomic E-state index is -1.41. The molecule has 498 valence electrons. The number of carboxylic acids is 2. The molecule has 1 aromatic heterocycles. The molecule has 24 nitrogen and oxygen atoms in total. The van der Waals surface area contributed by atoms with E-state index in [1.54, 1.807) is 33.9 Å². The number of unbranched alkanes of at least 4 members (excludes halogenated alkanes) is 13. The molecule has 12 N–H and O–H groups in total. The van der Waals surface area contributed by atoms with Crippen LogP contribution in [0.3, 0.4) is 0 Å². The van der Waals surface area contributed by atoms with E-state index in [0.29, 0.717) is 25.0 Å². The summed E-state index contributed by atoms with van der Waals surface area (Å²) in [6, 6.07) is -3.67. The lowest BCUT2D eigenvalue weighted by molar-refractivity contribution is -0.143. The predicted octanol–water partition coefficient (Wildman–Crippen LogP) is 6.98. The van der Waals surface area contributed by atoms with Crippen LogP contribution in [0.1, 0.15) is 233 Å². The summed E-state index contributed by atoms with van der Waals surface area (Å²) in [6.45, 7) is 16.5. The zero-order valence-corrected chi connectivity index (χ0v) is 53.4. The SMILES string of the molecule is CCCCCCC.CCCCCCCCCCCC(=O)N[C@@H](CCC(=O)N[C@@H](CCC(=O)NCCOCCOCC(=O)NCCCC[C@H](CC(=O)C(C)(C)CC(=O)C(C)(C)CC(=O)C(C)(C)NC(=O)[C@@H](N)Cc1cnc[nH]1)C(N)=O)C(=O)O)C(=O)O.[HH].[HH].[HH]. The third kappa shape index (κ3) is 38.1. The third-order valence-electron chi connectivity index (χ3n) is 14.8. The van der Waals surface area contributed by atoms with Gasteiger partial charge in [0.25, 0.3) is 0 Å². The number of carbonyl (C=O) groups is 11. The summed E-state index contributed by atoms with van der Waals surface area (Å²) < 4.78 is 10.7. The maximum atomic E-state index is 13.6. The van der Waals surface area contributed by atoms with Gasteiger partial charge in [-0.05, 0) is 46.0 Å². The lowest BCUT2D eigenvalue weighted by atomic mass is 9.71. The van der Waals surface area contributed by atoms with E-state index in [1.807, 2.05) is 0 Å². The van der Waals surface area contributed by atoms with Crippen LogP contribution in [-0.2, 0) is 68.6 Å². The summed E-state index contributed by atoms with van der Waals surface area (Å²) in [5.41, 5.74) is 8.64. The molecule has 0 aromatic carbocycles. The summed E-state index contributed by atoms with van der Waals surface area (Å²) >= 11 is 0. The smallest absolute Gasteiger partial charge is 0.326 e. The molecule has 0 spiro atoms. The molecule has 0 saturated carbocycles. The van der Waals surface area contributed by atoms with Crippen LogP contribution in [0.2, 0.25) is 0 Å². The number of nitrogens with two attached hydrogens (primary N) is 2. The van der Waals surface area contributed by atoms with Crippen LogP contribution < -0.4 is 38.1 Å². The molecule has 4 atom stereocenters. The average molecular weight is 1230 g/mol. The summed E-state index contributed by atoms with van der Waals surface area (Å²) in [4.78, 5) is 145. The number of hydrogen-bond acceptors (Lipinski definition) is 15. The molecule has 0 aliphatic heterocycles. The number of primary amides is 1. The molecule has 1 rings (SSSR count). The molecule has 6 amide bonds. The third-order valence-corrected chi connectivity index (χ3v) is 14.8. The Morgan fingerprint density at radius 1 is 0.581 bits per heavy atom. The van der Waals surface area contributed by atoms with E-state index in [2.05, 4.69) is 57.3 Å². The number of nitrogens with zero attached hydrogens (tertiary/aromatic N) is 1. The molecule has 1 aromatic rings. The maximum Gasteiger partial charge on any atom is 0.326 e. The normalized spacial score (nSPS) is 13.0. The lowest BCUT2D eigenvalue weighted by Crippen LogP contribution is -2.56. The molecule has 86 heavy (non-hydrogen) atoms. The summed E-state index contributed by atoms with van der Waals surface area (Å²) in [6.07, 6.45) is 19.5. The van der Waals surface area contributed by atoms with Gasteiger partial charge in [0, 0.05) is 91.0 Å². The van der Waals surface area contributed by atoms with Crippen molar-refractivity contribution in [2.45, 2.75) is 253 Å². The topological polar surface area (TPSA) is 388 Å². The molecule has 0 saturated heterocycles. The van der Waals surface area contributed by atoms with Crippen molar-refractivity contribution in [2.75, 3.05) is 39.5 Å². The minimum absolute atomic E-state index is 0. The molecular formula is C62H115N9O15. The van der Waals surface area contributed by atoms with Gasteiger partial charge in [-0.25, -0.2) is 14.6 Å². The van der Waals surface area contributed by atoms with Crippen LogP contribution in [0.15, 0.2) is 12.5 Å². The number of rotatable bonds is 51. The Morgan fingerprint density at radius 3 is 1.60 bits per heavy atom. The van der Waals surface area contributed by atoms with Crippen molar-refractivity contribution in [1.29, 1.82) is 0 Å². The second kappa shape index (κ2) is 45.2. The first kappa shape index (κ1) is 79.9. The number of H-pyrrole nitrogens is 1. The van der Waals surface area contributed by atoms with E-state index in [1.165, 1.54) is 78.0 Å². The summed E-state index contributed by atoms with van der Waals surface area (Å²) in [5.74, 6) is -7.85. The van der Waals surface area contributed by atoms with Crippen molar-refractivity contribution in [1.82, 2.24) is 36.6 Å². The molecule has 0 aliphatic rings. The Hall–Kier alpha value is -6.14. The number of ether oxygens (including phenoxy) is 2. The summed E-state index contributed by atoms with van der Waals surface area (Å²) in [7, 11) is 0. The van der Waals surface area contributed by atoms with Crippen molar-refractivity contribution in [2.24, 2.45) is 28.2 Å². The fourth-order valence-electron chi connectivity index (χ4n) is 8.90. The minimum Gasteiger partial charge on any atom is -0.480 e. The number of carbonyl (C=O) groups excluding carboxylic acids is 9. The van der Waals surface area contributed by atoms with Gasteiger partial charge < -0.3 is 62.7 Å². The molecule has 0 fully saturated rings. The molecule has 0 unspecified atom stereocenters. The van der Waals surface area contributed by atoms with Gasteiger partial charge in [-0.15, -0.1) is 0 Å². The molecule has 24 heteroatoms. The molecule has 1 heterocycles. The number of Topliss-reactive ketones (excluding diaryl/α,β-unsaturated/α-hetero) is 3. The first-order chi connectivity index (χ1) is 40.5. The number of imidazole rings is 1. The second-order valence-corrected chi connectivity index (χ2v) is 24.2. The molecule has 0 radical (unpaired) electrons. The number of aromatic amines is 1. The highest BCUT2D eigenvalue weighted by Crippen LogP contribution is 2.34. The Balaban J connectivity index is -0.00000339. The molecule has 0 bridgehead atoms. The van der Waals surface area contributed by atoms with Gasteiger partial charge in [0.15, 0.2) is 5.78 Å². The van der Waals surface area contributed by atoms with Gasteiger partial charge in [0.1, 0.15) is 30.3 Å².